The summed E-state index contributed by atoms with van der Waals surface area (Å²) in [4.78, 5) is 0. The van der Waals surface area contributed by atoms with Crippen molar-refractivity contribution < 1.29 is 0 Å². The summed E-state index contributed by atoms with van der Waals surface area (Å²) >= 11 is 0. The monoisotopic (exact) mass is 280 g/mol. The van der Waals surface area contributed by atoms with Crippen LogP contribution in [0.15, 0.2) is 71.5 Å². The van der Waals surface area contributed by atoms with Crippen molar-refractivity contribution in [3.05, 3.63) is 71.5 Å². The Kier molecular flexibility index (Phi) is 3.98. The largest absolute Gasteiger partial charge is 0.385 e. The zero-order chi connectivity index (χ0) is 14.8. The van der Waals surface area contributed by atoms with Crippen LogP contribution in [0.3, 0.4) is 0 Å². The zero-order valence-electron chi connectivity index (χ0n) is 12.8. The van der Waals surface area contributed by atoms with Crippen molar-refractivity contribution in [2.45, 2.75) is 32.4 Å². The Morgan fingerprint density at radius 1 is 1.19 bits per heavy atom. The SMILES string of the molecule is CC1=CCC(C(C)NC2=CC=CC3=CC=CC(N)C32)C=C1. The lowest BCUT2D eigenvalue weighted by atomic mass is 9.81. The predicted molar refractivity (Wildman–Crippen MR) is 89.5 cm³/mol. The van der Waals surface area contributed by atoms with Gasteiger partial charge in [-0.1, -0.05) is 54.2 Å². The van der Waals surface area contributed by atoms with E-state index >= 15 is 0 Å². The van der Waals surface area contributed by atoms with Gasteiger partial charge in [-0.3, -0.25) is 0 Å². The van der Waals surface area contributed by atoms with Gasteiger partial charge in [0.25, 0.3) is 0 Å². The summed E-state index contributed by atoms with van der Waals surface area (Å²) in [5.41, 5.74) is 10.2. The van der Waals surface area contributed by atoms with Gasteiger partial charge in [-0.2, -0.15) is 0 Å². The lowest BCUT2D eigenvalue weighted by Gasteiger charge is -2.34. The van der Waals surface area contributed by atoms with Crippen LogP contribution < -0.4 is 11.1 Å². The maximum Gasteiger partial charge on any atom is 0.0424 e. The summed E-state index contributed by atoms with van der Waals surface area (Å²) in [7, 11) is 0. The molecule has 110 valence electrons. The highest BCUT2D eigenvalue weighted by Crippen LogP contribution is 2.31. The Hall–Kier alpha value is -1.80. The first kappa shape index (κ1) is 14.2. The highest BCUT2D eigenvalue weighted by molar-refractivity contribution is 5.44. The maximum atomic E-state index is 6.29. The van der Waals surface area contributed by atoms with Crippen LogP contribution in [-0.2, 0) is 0 Å². The average molecular weight is 280 g/mol. The number of rotatable bonds is 3. The molecule has 2 heteroatoms. The van der Waals surface area contributed by atoms with Crippen molar-refractivity contribution in [3.8, 4) is 0 Å². The molecular formula is C19H24N2. The van der Waals surface area contributed by atoms with Gasteiger partial charge >= 0.3 is 0 Å². The second-order valence-corrected chi connectivity index (χ2v) is 6.23. The van der Waals surface area contributed by atoms with Crippen LogP contribution in [0, 0.1) is 11.8 Å². The highest BCUT2D eigenvalue weighted by atomic mass is 14.9. The van der Waals surface area contributed by atoms with Crippen LogP contribution in [0.2, 0.25) is 0 Å². The van der Waals surface area contributed by atoms with Crippen LogP contribution >= 0.6 is 0 Å². The van der Waals surface area contributed by atoms with Gasteiger partial charge in [0.05, 0.1) is 0 Å². The molecule has 0 amide bonds. The Balaban J connectivity index is 1.71. The van der Waals surface area contributed by atoms with E-state index in [-0.39, 0.29) is 12.0 Å². The summed E-state index contributed by atoms with van der Waals surface area (Å²) in [6, 6.07) is 0.465. The molecule has 0 aromatic heterocycles. The minimum Gasteiger partial charge on any atom is -0.385 e. The molecule has 3 aliphatic carbocycles. The van der Waals surface area contributed by atoms with E-state index in [0.29, 0.717) is 12.0 Å². The Morgan fingerprint density at radius 2 is 2.05 bits per heavy atom. The molecule has 0 spiro atoms. The van der Waals surface area contributed by atoms with E-state index in [1.54, 1.807) is 0 Å². The third kappa shape index (κ3) is 2.96. The van der Waals surface area contributed by atoms with Crippen molar-refractivity contribution in [1.82, 2.24) is 5.32 Å². The van der Waals surface area contributed by atoms with Crippen LogP contribution in [0.1, 0.15) is 20.3 Å². The molecular weight excluding hydrogens is 256 g/mol. The van der Waals surface area contributed by atoms with Crippen molar-refractivity contribution in [3.63, 3.8) is 0 Å². The summed E-state index contributed by atoms with van der Waals surface area (Å²) in [5.74, 6) is 0.815. The lowest BCUT2D eigenvalue weighted by Crippen LogP contribution is -2.41. The van der Waals surface area contributed by atoms with Crippen LogP contribution in [-0.4, -0.2) is 12.1 Å². The molecule has 0 fully saturated rings. The quantitative estimate of drug-likeness (QED) is 0.831. The summed E-state index contributed by atoms with van der Waals surface area (Å²) in [6.07, 6.45) is 20.7. The van der Waals surface area contributed by atoms with E-state index in [4.69, 9.17) is 5.73 Å². The van der Waals surface area contributed by atoms with Gasteiger partial charge < -0.3 is 11.1 Å². The van der Waals surface area contributed by atoms with Crippen LogP contribution in [0.4, 0.5) is 0 Å². The van der Waals surface area contributed by atoms with Gasteiger partial charge in [0.1, 0.15) is 0 Å². The minimum atomic E-state index is 0.0601. The van der Waals surface area contributed by atoms with Gasteiger partial charge in [-0.05, 0) is 31.9 Å². The molecule has 0 aromatic carbocycles. The van der Waals surface area contributed by atoms with Gasteiger partial charge in [0.2, 0.25) is 0 Å². The molecule has 3 N–H and O–H groups in total. The third-order valence-corrected chi connectivity index (χ3v) is 4.62. The van der Waals surface area contributed by atoms with E-state index in [1.807, 2.05) is 0 Å². The number of fused-ring (bicyclic) bond motifs is 1. The first-order chi connectivity index (χ1) is 10.1. The van der Waals surface area contributed by atoms with Crippen molar-refractivity contribution in [2.75, 3.05) is 0 Å². The van der Waals surface area contributed by atoms with Gasteiger partial charge in [0.15, 0.2) is 0 Å². The molecule has 0 bridgehead atoms. The molecule has 0 saturated heterocycles. The molecule has 3 aliphatic rings. The predicted octanol–water partition coefficient (Wildman–Crippen LogP) is 3.38. The fourth-order valence-electron chi connectivity index (χ4n) is 3.27. The van der Waals surface area contributed by atoms with Crippen molar-refractivity contribution >= 4 is 0 Å². The van der Waals surface area contributed by atoms with Crippen molar-refractivity contribution in [2.24, 2.45) is 17.6 Å². The second kappa shape index (κ2) is 5.90. The Bertz CT molecular complexity index is 587. The van der Waals surface area contributed by atoms with E-state index in [2.05, 4.69) is 73.8 Å². The first-order valence-corrected chi connectivity index (χ1v) is 7.79. The smallest absolute Gasteiger partial charge is 0.0424 e. The molecule has 2 nitrogen and oxygen atoms in total. The minimum absolute atomic E-state index is 0.0601. The zero-order valence-corrected chi connectivity index (χ0v) is 12.8. The molecule has 0 saturated carbocycles. The fraction of sp³-hybridized carbons (Fsp3) is 0.368. The molecule has 4 unspecified atom stereocenters. The van der Waals surface area contributed by atoms with E-state index in [9.17, 15) is 0 Å². The molecule has 0 aliphatic heterocycles. The number of allylic oxidation sites excluding steroid dienone is 8. The van der Waals surface area contributed by atoms with E-state index in [0.717, 1.165) is 6.42 Å². The summed E-state index contributed by atoms with van der Waals surface area (Å²) < 4.78 is 0. The number of nitrogens with two attached hydrogens (primary N) is 1. The van der Waals surface area contributed by atoms with Gasteiger partial charge in [-0.25, -0.2) is 0 Å². The topological polar surface area (TPSA) is 38.0 Å². The molecule has 0 heterocycles. The third-order valence-electron chi connectivity index (χ3n) is 4.62. The standard InChI is InChI=1S/C19H24N2/c1-13-9-11-15(12-10-13)14(2)21-18-8-4-6-16-5-3-7-17(20)19(16)18/h3-11,14-15,17,19,21H,12,20H2,1-2H3. The van der Waals surface area contributed by atoms with Gasteiger partial charge in [-0.15, -0.1) is 0 Å². The normalized spacial score (nSPS) is 32.0. The van der Waals surface area contributed by atoms with Crippen LogP contribution in [0.25, 0.3) is 0 Å². The molecule has 3 rings (SSSR count). The maximum absolute atomic E-state index is 6.29. The summed E-state index contributed by atoms with van der Waals surface area (Å²) in [5, 5.41) is 3.71. The number of nitrogens with one attached hydrogen (secondary N) is 1. The fourth-order valence-corrected chi connectivity index (χ4v) is 3.27. The van der Waals surface area contributed by atoms with Gasteiger partial charge in [0, 0.05) is 29.6 Å². The Labute approximate surface area is 127 Å². The lowest BCUT2D eigenvalue weighted by molar-refractivity contribution is 0.439. The number of hydrogen-bond acceptors (Lipinski definition) is 2. The average Bonchev–Trinajstić information content (AvgIpc) is 2.48. The highest BCUT2D eigenvalue weighted by Gasteiger charge is 2.28. The first-order valence-electron chi connectivity index (χ1n) is 7.79. The van der Waals surface area contributed by atoms with E-state index < -0.39 is 0 Å². The molecule has 0 radical (unpaired) electrons. The molecule has 4 atom stereocenters. The van der Waals surface area contributed by atoms with Crippen LogP contribution in [0.5, 0.6) is 0 Å². The molecule has 0 aromatic rings. The second-order valence-electron chi connectivity index (χ2n) is 6.23. The molecule has 21 heavy (non-hydrogen) atoms. The van der Waals surface area contributed by atoms with E-state index in [1.165, 1.54) is 16.8 Å². The summed E-state index contributed by atoms with van der Waals surface area (Å²) in [6.45, 7) is 4.42. The number of hydrogen-bond donors (Lipinski definition) is 2. The van der Waals surface area contributed by atoms with Crippen molar-refractivity contribution in [1.29, 1.82) is 0 Å². The Morgan fingerprint density at radius 3 is 2.81 bits per heavy atom.